The highest BCUT2D eigenvalue weighted by Gasteiger charge is 2.05. The molecule has 1 N–H and O–H groups in total. The lowest BCUT2D eigenvalue weighted by Gasteiger charge is -2.17. The van der Waals surface area contributed by atoms with Gasteiger partial charge in [-0.15, -0.1) is 6.58 Å². The van der Waals surface area contributed by atoms with Gasteiger partial charge in [0.25, 0.3) is 0 Å². The molecule has 0 spiro atoms. The van der Waals surface area contributed by atoms with E-state index in [-0.39, 0.29) is 5.54 Å². The monoisotopic (exact) mass is 362 g/mol. The van der Waals surface area contributed by atoms with Gasteiger partial charge in [-0.25, -0.2) is 0 Å². The predicted octanol–water partition coefficient (Wildman–Crippen LogP) is 6.33. The number of para-hydroxylation sites is 1. The van der Waals surface area contributed by atoms with Crippen molar-refractivity contribution in [2.45, 2.75) is 47.1 Å². The van der Waals surface area contributed by atoms with E-state index in [1.165, 1.54) is 22.1 Å². The second-order valence-corrected chi connectivity index (χ2v) is 7.43. The summed E-state index contributed by atoms with van der Waals surface area (Å²) >= 11 is 0. The molecule has 0 amide bonds. The Hall–Kier alpha value is -2.45. The van der Waals surface area contributed by atoms with Crippen LogP contribution >= 0.6 is 0 Å². The number of likely N-dealkylation sites (N-methyl/N-ethyl adjacent to an activating group) is 1. The maximum atomic E-state index is 4.48. The number of rotatable bonds is 2. The minimum Gasteiger partial charge on any atom is -0.311 e. The second-order valence-electron chi connectivity index (χ2n) is 7.43. The van der Waals surface area contributed by atoms with Crippen LogP contribution in [0.1, 0.15) is 36.2 Å². The molecule has 0 aliphatic rings. The van der Waals surface area contributed by atoms with Gasteiger partial charge in [0, 0.05) is 16.6 Å². The second kappa shape index (κ2) is 10.6. The summed E-state index contributed by atoms with van der Waals surface area (Å²) < 4.78 is 0. The minimum atomic E-state index is 0.0972. The fourth-order valence-electron chi connectivity index (χ4n) is 2.30. The van der Waals surface area contributed by atoms with Crippen LogP contribution in [0.15, 0.2) is 67.3 Å². The molecule has 0 radical (unpaired) electrons. The van der Waals surface area contributed by atoms with Gasteiger partial charge in [-0.1, -0.05) is 65.7 Å². The number of benzene rings is 2. The highest BCUT2D eigenvalue weighted by Crippen LogP contribution is 2.15. The molecule has 27 heavy (non-hydrogen) atoms. The quantitative estimate of drug-likeness (QED) is 0.539. The normalized spacial score (nSPS) is 10.3. The number of nitrogens with one attached hydrogen (secondary N) is 1. The van der Waals surface area contributed by atoms with Crippen molar-refractivity contribution in [3.05, 3.63) is 89.6 Å². The minimum absolute atomic E-state index is 0.0972. The van der Waals surface area contributed by atoms with Gasteiger partial charge in [0.1, 0.15) is 0 Å². The molecule has 1 heterocycles. The van der Waals surface area contributed by atoms with Crippen molar-refractivity contribution in [2.24, 2.45) is 0 Å². The number of aryl methyl sites for hydroxylation is 4. The zero-order chi connectivity index (χ0) is 20.4. The lowest BCUT2D eigenvalue weighted by molar-refractivity contribution is 0.529. The third-order valence-corrected chi connectivity index (χ3v) is 4.39. The van der Waals surface area contributed by atoms with Crippen molar-refractivity contribution in [1.82, 2.24) is 10.3 Å². The first-order chi connectivity index (χ1) is 12.7. The van der Waals surface area contributed by atoms with E-state index < -0.39 is 0 Å². The van der Waals surface area contributed by atoms with Crippen LogP contribution in [0, 0.1) is 27.7 Å². The molecular formula is C25H34N2. The van der Waals surface area contributed by atoms with Gasteiger partial charge < -0.3 is 5.32 Å². The summed E-state index contributed by atoms with van der Waals surface area (Å²) in [6.45, 7) is 16.1. The Morgan fingerprint density at radius 2 is 1.48 bits per heavy atom. The summed E-state index contributed by atoms with van der Waals surface area (Å²) in [5.74, 6) is 0. The lowest BCUT2D eigenvalue weighted by atomic mass is 10.1. The number of hydrogen-bond donors (Lipinski definition) is 1. The number of nitrogens with zero attached hydrogens (tertiary/aromatic N) is 1. The van der Waals surface area contributed by atoms with Crippen molar-refractivity contribution >= 4 is 10.9 Å². The highest BCUT2D eigenvalue weighted by molar-refractivity contribution is 5.81. The van der Waals surface area contributed by atoms with Crippen molar-refractivity contribution in [3.63, 3.8) is 0 Å². The van der Waals surface area contributed by atoms with E-state index in [2.05, 4.69) is 100 Å². The largest absolute Gasteiger partial charge is 0.311 e. The molecule has 0 fully saturated rings. The number of aromatic nitrogens is 1. The van der Waals surface area contributed by atoms with Crippen molar-refractivity contribution in [3.8, 4) is 0 Å². The number of pyridine rings is 1. The topological polar surface area (TPSA) is 24.9 Å². The van der Waals surface area contributed by atoms with E-state index in [1.807, 2.05) is 26.1 Å². The maximum Gasteiger partial charge on any atom is 0.0734 e. The zero-order valence-corrected chi connectivity index (χ0v) is 17.9. The summed E-state index contributed by atoms with van der Waals surface area (Å²) in [6, 6.07) is 18.9. The Balaban J connectivity index is 0.000000214. The lowest BCUT2D eigenvalue weighted by Crippen LogP contribution is -2.33. The van der Waals surface area contributed by atoms with Gasteiger partial charge in [-0.3, -0.25) is 4.98 Å². The molecule has 1 aromatic heterocycles. The molecule has 0 saturated carbocycles. The Kier molecular flexibility index (Phi) is 8.90. The zero-order valence-electron chi connectivity index (χ0n) is 17.9. The van der Waals surface area contributed by atoms with Gasteiger partial charge in [-0.05, 0) is 60.2 Å². The standard InChI is InChI=1S/C11H11N.C8H10.C6H13N/c1-8-4-3-5-10-7-6-9(2)12-11(8)10;1-7-4-3-5-8(2)6-7;1-5-6(2,3)7-4/h3-7H,1-2H3;3-6H,1-2H3;5,7H,1H2,2-4H3. The van der Waals surface area contributed by atoms with Crippen LogP contribution in [0.25, 0.3) is 10.9 Å². The van der Waals surface area contributed by atoms with Gasteiger partial charge in [0.2, 0.25) is 0 Å². The Morgan fingerprint density at radius 3 is 1.93 bits per heavy atom. The Bertz CT molecular complexity index is 846. The smallest absolute Gasteiger partial charge is 0.0734 e. The number of hydrogen-bond acceptors (Lipinski definition) is 2. The highest BCUT2D eigenvalue weighted by atomic mass is 14.9. The average molecular weight is 363 g/mol. The van der Waals surface area contributed by atoms with Crippen LogP contribution < -0.4 is 5.32 Å². The first-order valence-corrected chi connectivity index (χ1v) is 9.37. The van der Waals surface area contributed by atoms with Crippen LogP contribution in [-0.4, -0.2) is 17.6 Å². The molecule has 3 rings (SSSR count). The predicted molar refractivity (Wildman–Crippen MR) is 120 cm³/mol. The molecular weight excluding hydrogens is 328 g/mol. The van der Waals surface area contributed by atoms with E-state index >= 15 is 0 Å². The van der Waals surface area contributed by atoms with Gasteiger partial charge >= 0.3 is 0 Å². The molecule has 0 unspecified atom stereocenters. The molecule has 2 aromatic carbocycles. The summed E-state index contributed by atoms with van der Waals surface area (Å²) in [4.78, 5) is 4.48. The fourth-order valence-corrected chi connectivity index (χ4v) is 2.30. The molecule has 0 aliphatic heterocycles. The number of fused-ring (bicyclic) bond motifs is 1. The van der Waals surface area contributed by atoms with Crippen molar-refractivity contribution < 1.29 is 0 Å². The maximum absolute atomic E-state index is 4.48. The first-order valence-electron chi connectivity index (χ1n) is 9.37. The molecule has 2 nitrogen and oxygen atoms in total. The van der Waals surface area contributed by atoms with E-state index in [9.17, 15) is 0 Å². The summed E-state index contributed by atoms with van der Waals surface area (Å²) in [7, 11) is 1.92. The molecule has 0 bridgehead atoms. The van der Waals surface area contributed by atoms with E-state index in [0.29, 0.717) is 0 Å². The third-order valence-electron chi connectivity index (χ3n) is 4.39. The molecule has 0 aliphatic carbocycles. The Labute approximate surface area is 165 Å². The summed E-state index contributed by atoms with van der Waals surface area (Å²) in [5.41, 5.74) is 6.22. The van der Waals surface area contributed by atoms with Crippen LogP contribution in [0.4, 0.5) is 0 Å². The van der Waals surface area contributed by atoms with Crippen LogP contribution in [0.2, 0.25) is 0 Å². The van der Waals surface area contributed by atoms with Gasteiger partial charge in [0.05, 0.1) is 5.52 Å². The Morgan fingerprint density at radius 1 is 0.889 bits per heavy atom. The SMILES string of the molecule is C=CC(C)(C)NC.Cc1ccc2cccc(C)c2n1.Cc1cccc(C)c1. The summed E-state index contributed by atoms with van der Waals surface area (Å²) in [5, 5.41) is 4.30. The molecule has 2 heteroatoms. The fraction of sp³-hybridized carbons (Fsp3) is 0.320. The van der Waals surface area contributed by atoms with Gasteiger partial charge in [0.15, 0.2) is 0 Å². The first kappa shape index (κ1) is 22.6. The van der Waals surface area contributed by atoms with E-state index in [1.54, 1.807) is 0 Å². The van der Waals surface area contributed by atoms with Crippen LogP contribution in [-0.2, 0) is 0 Å². The van der Waals surface area contributed by atoms with Crippen molar-refractivity contribution in [2.75, 3.05) is 7.05 Å². The van der Waals surface area contributed by atoms with Crippen LogP contribution in [0.3, 0.4) is 0 Å². The summed E-state index contributed by atoms with van der Waals surface area (Å²) in [6.07, 6.45) is 1.88. The van der Waals surface area contributed by atoms with Crippen LogP contribution in [0.5, 0.6) is 0 Å². The molecule has 144 valence electrons. The van der Waals surface area contributed by atoms with E-state index in [4.69, 9.17) is 0 Å². The third kappa shape index (κ3) is 8.19. The average Bonchev–Trinajstić information content (AvgIpc) is 2.63. The molecule has 3 aromatic rings. The van der Waals surface area contributed by atoms with Crippen molar-refractivity contribution in [1.29, 1.82) is 0 Å². The van der Waals surface area contributed by atoms with E-state index in [0.717, 1.165) is 11.2 Å². The van der Waals surface area contributed by atoms with Gasteiger partial charge in [-0.2, -0.15) is 0 Å². The molecule has 0 saturated heterocycles. The molecule has 0 atom stereocenters.